The van der Waals surface area contributed by atoms with Gasteiger partial charge in [-0.3, -0.25) is 14.5 Å². The van der Waals surface area contributed by atoms with Crippen LogP contribution in [0.3, 0.4) is 0 Å². The number of nitrogens with zero attached hydrogens (tertiary/aromatic N) is 5. The summed E-state index contributed by atoms with van der Waals surface area (Å²) in [7, 11) is 1.93. The summed E-state index contributed by atoms with van der Waals surface area (Å²) in [5.74, 6) is 0. The summed E-state index contributed by atoms with van der Waals surface area (Å²) in [5.41, 5.74) is 1.96. The van der Waals surface area contributed by atoms with Crippen molar-refractivity contribution in [3.8, 4) is 6.07 Å². The predicted octanol–water partition coefficient (Wildman–Crippen LogP) is 1.02. The molecule has 1 aromatic rings. The van der Waals surface area contributed by atoms with E-state index in [2.05, 4.69) is 21.0 Å². The van der Waals surface area contributed by atoms with Crippen LogP contribution >= 0.6 is 11.6 Å². The van der Waals surface area contributed by atoms with Crippen molar-refractivity contribution in [2.24, 2.45) is 7.05 Å². The standard InChI is InChI=1S/C12H18ClN5/c1-10-12(13)11(16(2)15-10)9-18-7-5-17(4-3-14)6-8-18/h4-9H2,1-2H3. The van der Waals surface area contributed by atoms with Crippen molar-refractivity contribution in [1.82, 2.24) is 19.6 Å². The molecule has 0 unspecified atom stereocenters. The predicted molar refractivity (Wildman–Crippen MR) is 70.3 cm³/mol. The molecule has 0 saturated carbocycles. The highest BCUT2D eigenvalue weighted by molar-refractivity contribution is 6.31. The molecule has 0 spiro atoms. The van der Waals surface area contributed by atoms with Crippen molar-refractivity contribution in [2.45, 2.75) is 13.5 Å². The average molecular weight is 268 g/mol. The minimum Gasteiger partial charge on any atom is -0.295 e. The molecule has 1 saturated heterocycles. The molecule has 0 bridgehead atoms. The fourth-order valence-electron chi connectivity index (χ4n) is 2.27. The molecule has 1 aliphatic heterocycles. The van der Waals surface area contributed by atoms with E-state index < -0.39 is 0 Å². The highest BCUT2D eigenvalue weighted by Crippen LogP contribution is 2.21. The van der Waals surface area contributed by atoms with Gasteiger partial charge in [-0.15, -0.1) is 0 Å². The first kappa shape index (κ1) is 13.3. The van der Waals surface area contributed by atoms with Crippen molar-refractivity contribution in [3.05, 3.63) is 16.4 Å². The van der Waals surface area contributed by atoms with Crippen LogP contribution in [-0.2, 0) is 13.6 Å². The lowest BCUT2D eigenvalue weighted by atomic mass is 10.2. The Kier molecular flexibility index (Phi) is 4.23. The van der Waals surface area contributed by atoms with Gasteiger partial charge in [0.15, 0.2) is 0 Å². The molecule has 2 heterocycles. The normalized spacial score (nSPS) is 17.9. The molecule has 2 rings (SSSR count). The van der Waals surface area contributed by atoms with Gasteiger partial charge in [0.1, 0.15) is 0 Å². The van der Waals surface area contributed by atoms with Gasteiger partial charge in [0, 0.05) is 39.8 Å². The zero-order valence-corrected chi connectivity index (χ0v) is 11.6. The van der Waals surface area contributed by atoms with Crippen LogP contribution < -0.4 is 0 Å². The van der Waals surface area contributed by atoms with Gasteiger partial charge >= 0.3 is 0 Å². The molecule has 0 atom stereocenters. The molecule has 0 N–H and O–H groups in total. The van der Waals surface area contributed by atoms with Crippen LogP contribution in [-0.4, -0.2) is 52.3 Å². The molecule has 1 aliphatic rings. The SMILES string of the molecule is Cc1nn(C)c(CN2CCN(CC#N)CC2)c1Cl. The maximum absolute atomic E-state index is 8.66. The third-order valence-electron chi connectivity index (χ3n) is 3.39. The molecule has 0 radical (unpaired) electrons. The Morgan fingerprint density at radius 1 is 1.28 bits per heavy atom. The summed E-state index contributed by atoms with van der Waals surface area (Å²) in [6.45, 7) is 7.13. The number of piperazine rings is 1. The highest BCUT2D eigenvalue weighted by atomic mass is 35.5. The molecule has 0 aromatic carbocycles. The maximum Gasteiger partial charge on any atom is 0.0866 e. The number of hydrogen-bond donors (Lipinski definition) is 0. The second-order valence-electron chi connectivity index (χ2n) is 4.68. The number of aromatic nitrogens is 2. The van der Waals surface area contributed by atoms with E-state index in [-0.39, 0.29) is 0 Å². The summed E-state index contributed by atoms with van der Waals surface area (Å²) in [5, 5.41) is 13.8. The molecular weight excluding hydrogens is 250 g/mol. The minimum absolute atomic E-state index is 0.527. The fraction of sp³-hybridized carbons (Fsp3) is 0.667. The first-order chi connectivity index (χ1) is 8.61. The highest BCUT2D eigenvalue weighted by Gasteiger charge is 2.19. The van der Waals surface area contributed by atoms with Crippen LogP contribution in [0.5, 0.6) is 0 Å². The number of nitriles is 1. The lowest BCUT2D eigenvalue weighted by Gasteiger charge is -2.33. The van der Waals surface area contributed by atoms with Gasteiger partial charge < -0.3 is 0 Å². The van der Waals surface area contributed by atoms with E-state index in [4.69, 9.17) is 16.9 Å². The Balaban J connectivity index is 1.94. The Morgan fingerprint density at radius 2 is 1.89 bits per heavy atom. The Bertz CT molecular complexity index is 454. The summed E-state index contributed by atoms with van der Waals surface area (Å²) < 4.78 is 1.86. The van der Waals surface area contributed by atoms with Gasteiger partial charge in [0.25, 0.3) is 0 Å². The Hall–Kier alpha value is -1.09. The molecule has 6 heteroatoms. The second kappa shape index (κ2) is 5.70. The van der Waals surface area contributed by atoms with Gasteiger partial charge in [-0.05, 0) is 6.92 Å². The van der Waals surface area contributed by atoms with Crippen LogP contribution in [0.2, 0.25) is 5.02 Å². The van der Waals surface area contributed by atoms with Gasteiger partial charge in [-0.1, -0.05) is 11.6 Å². The summed E-state index contributed by atoms with van der Waals surface area (Å²) in [6.07, 6.45) is 0. The quantitative estimate of drug-likeness (QED) is 0.768. The van der Waals surface area contributed by atoms with Crippen LogP contribution in [0.25, 0.3) is 0 Å². The van der Waals surface area contributed by atoms with E-state index in [9.17, 15) is 0 Å². The molecule has 0 aliphatic carbocycles. The van der Waals surface area contributed by atoms with Crippen LogP contribution in [0, 0.1) is 18.3 Å². The third-order valence-corrected chi connectivity index (χ3v) is 3.89. The van der Waals surface area contributed by atoms with Crippen LogP contribution in [0.1, 0.15) is 11.4 Å². The molecule has 1 aromatic heterocycles. The number of aryl methyl sites for hydroxylation is 2. The zero-order valence-electron chi connectivity index (χ0n) is 10.9. The first-order valence-electron chi connectivity index (χ1n) is 6.11. The molecule has 1 fully saturated rings. The molecule has 98 valence electrons. The zero-order chi connectivity index (χ0) is 13.1. The second-order valence-corrected chi connectivity index (χ2v) is 5.06. The van der Waals surface area contributed by atoms with Crippen molar-refractivity contribution in [2.75, 3.05) is 32.7 Å². The first-order valence-corrected chi connectivity index (χ1v) is 6.49. The van der Waals surface area contributed by atoms with Gasteiger partial charge in [-0.2, -0.15) is 10.4 Å². The largest absolute Gasteiger partial charge is 0.295 e. The fourth-order valence-corrected chi connectivity index (χ4v) is 2.49. The summed E-state index contributed by atoms with van der Waals surface area (Å²) in [6, 6.07) is 2.20. The van der Waals surface area contributed by atoms with Gasteiger partial charge in [0.2, 0.25) is 0 Å². The van der Waals surface area contributed by atoms with E-state index >= 15 is 0 Å². The average Bonchev–Trinajstić information content (AvgIpc) is 2.59. The van der Waals surface area contributed by atoms with Crippen molar-refractivity contribution in [1.29, 1.82) is 5.26 Å². The van der Waals surface area contributed by atoms with E-state index in [0.29, 0.717) is 6.54 Å². The van der Waals surface area contributed by atoms with Crippen molar-refractivity contribution in [3.63, 3.8) is 0 Å². The minimum atomic E-state index is 0.527. The van der Waals surface area contributed by atoms with E-state index in [1.807, 2.05) is 18.7 Å². The van der Waals surface area contributed by atoms with E-state index in [1.165, 1.54) is 0 Å². The van der Waals surface area contributed by atoms with Crippen LogP contribution in [0.15, 0.2) is 0 Å². The lowest BCUT2D eigenvalue weighted by Crippen LogP contribution is -2.46. The lowest BCUT2D eigenvalue weighted by molar-refractivity contribution is 0.136. The molecule has 5 nitrogen and oxygen atoms in total. The van der Waals surface area contributed by atoms with Crippen molar-refractivity contribution >= 4 is 11.6 Å². The number of halogens is 1. The summed E-state index contributed by atoms with van der Waals surface area (Å²) >= 11 is 6.25. The molecule has 0 amide bonds. The van der Waals surface area contributed by atoms with Gasteiger partial charge in [-0.25, -0.2) is 0 Å². The topological polar surface area (TPSA) is 48.1 Å². The number of rotatable bonds is 3. The van der Waals surface area contributed by atoms with Crippen LogP contribution in [0.4, 0.5) is 0 Å². The van der Waals surface area contributed by atoms with E-state index in [1.54, 1.807) is 0 Å². The van der Waals surface area contributed by atoms with E-state index in [0.717, 1.165) is 49.1 Å². The van der Waals surface area contributed by atoms with Gasteiger partial charge in [0.05, 0.1) is 29.0 Å². The number of hydrogen-bond acceptors (Lipinski definition) is 4. The Morgan fingerprint density at radius 3 is 2.39 bits per heavy atom. The smallest absolute Gasteiger partial charge is 0.0866 e. The monoisotopic (exact) mass is 267 g/mol. The maximum atomic E-state index is 8.66. The molecule has 18 heavy (non-hydrogen) atoms. The summed E-state index contributed by atoms with van der Waals surface area (Å²) in [4.78, 5) is 4.53. The Labute approximate surface area is 113 Å². The van der Waals surface area contributed by atoms with Crippen molar-refractivity contribution < 1.29 is 0 Å². The third kappa shape index (κ3) is 2.83. The molecular formula is C12H18ClN5.